The standard InChI is InChI=1S/C34H66O4/c1-5-7-9-25-29-37-33(35)28-24-22-20-18-16-14-12-11-13-15-17-19-21-23-27-32(31(3)4)34(36)38-30-26-10-8-6-2/h31-32H,5-30H2,1-4H3. The Balaban J connectivity index is 3.44. The average Bonchev–Trinajstić information content (AvgIpc) is 2.89. The quantitative estimate of drug-likeness (QED) is 0.0702. The van der Waals surface area contributed by atoms with E-state index in [2.05, 4.69) is 27.7 Å². The van der Waals surface area contributed by atoms with Gasteiger partial charge in [-0.15, -0.1) is 0 Å². The molecule has 0 N–H and O–H groups in total. The number of rotatable bonds is 29. The number of carbonyl (C=O) groups excluding carboxylic acids is 2. The Bertz CT molecular complexity index is 517. The minimum Gasteiger partial charge on any atom is -0.466 e. The monoisotopic (exact) mass is 538 g/mol. The van der Waals surface area contributed by atoms with Crippen molar-refractivity contribution in [3.05, 3.63) is 0 Å². The van der Waals surface area contributed by atoms with Crippen LogP contribution in [0, 0.1) is 11.8 Å². The van der Waals surface area contributed by atoms with E-state index in [1.807, 2.05) is 0 Å². The summed E-state index contributed by atoms with van der Waals surface area (Å²) in [5.41, 5.74) is 0. The molecule has 0 bridgehead atoms. The summed E-state index contributed by atoms with van der Waals surface area (Å²) >= 11 is 0. The largest absolute Gasteiger partial charge is 0.466 e. The van der Waals surface area contributed by atoms with Crippen molar-refractivity contribution in [2.45, 2.75) is 182 Å². The number of ether oxygens (including phenoxy) is 2. The van der Waals surface area contributed by atoms with E-state index in [1.54, 1.807) is 0 Å². The molecule has 0 radical (unpaired) electrons. The van der Waals surface area contributed by atoms with Crippen LogP contribution in [0.5, 0.6) is 0 Å². The van der Waals surface area contributed by atoms with Gasteiger partial charge in [-0.3, -0.25) is 9.59 Å². The lowest BCUT2D eigenvalue weighted by atomic mass is 9.90. The highest BCUT2D eigenvalue weighted by Gasteiger charge is 2.23. The molecular formula is C34H66O4. The molecule has 0 aliphatic rings. The highest BCUT2D eigenvalue weighted by molar-refractivity contribution is 5.72. The maximum Gasteiger partial charge on any atom is 0.309 e. The van der Waals surface area contributed by atoms with Crippen molar-refractivity contribution in [3.8, 4) is 0 Å². The molecule has 0 rings (SSSR count). The van der Waals surface area contributed by atoms with Crippen LogP contribution in [0.1, 0.15) is 182 Å². The van der Waals surface area contributed by atoms with Gasteiger partial charge in [0.1, 0.15) is 0 Å². The highest BCUT2D eigenvalue weighted by Crippen LogP contribution is 2.22. The summed E-state index contributed by atoms with van der Waals surface area (Å²) in [5, 5.41) is 0. The van der Waals surface area contributed by atoms with Crippen molar-refractivity contribution in [2.75, 3.05) is 13.2 Å². The summed E-state index contributed by atoms with van der Waals surface area (Å²) in [6.45, 7) is 9.90. The SMILES string of the molecule is CCCCCCOC(=O)CCCCCCCCCCCCCCCCC(C(=O)OCCCCCC)C(C)C. The van der Waals surface area contributed by atoms with Gasteiger partial charge in [0.15, 0.2) is 0 Å². The molecule has 0 aromatic rings. The minimum atomic E-state index is -0.00514. The van der Waals surface area contributed by atoms with Crippen molar-refractivity contribution < 1.29 is 19.1 Å². The maximum absolute atomic E-state index is 12.4. The van der Waals surface area contributed by atoms with Gasteiger partial charge in [0, 0.05) is 6.42 Å². The lowest BCUT2D eigenvalue weighted by Crippen LogP contribution is -2.23. The molecule has 0 aromatic carbocycles. The molecule has 0 spiro atoms. The summed E-state index contributed by atoms with van der Waals surface area (Å²) in [5.74, 6) is 0.466. The van der Waals surface area contributed by atoms with Crippen LogP contribution >= 0.6 is 0 Å². The Morgan fingerprint density at radius 3 is 1.34 bits per heavy atom. The molecule has 0 aliphatic heterocycles. The van der Waals surface area contributed by atoms with Gasteiger partial charge in [-0.05, 0) is 31.6 Å². The summed E-state index contributed by atoms with van der Waals surface area (Å²) in [6.07, 6.45) is 28.6. The van der Waals surface area contributed by atoms with Crippen LogP contribution in [0.15, 0.2) is 0 Å². The lowest BCUT2D eigenvalue weighted by Gasteiger charge is -2.19. The van der Waals surface area contributed by atoms with Crippen molar-refractivity contribution >= 4 is 11.9 Å². The minimum absolute atomic E-state index is 0.00514. The summed E-state index contributed by atoms with van der Waals surface area (Å²) in [7, 11) is 0. The molecule has 4 nitrogen and oxygen atoms in total. The van der Waals surface area contributed by atoms with Gasteiger partial charge in [0.25, 0.3) is 0 Å². The zero-order valence-corrected chi connectivity index (χ0v) is 26.2. The fraction of sp³-hybridized carbons (Fsp3) is 0.941. The van der Waals surface area contributed by atoms with Crippen LogP contribution in [0.4, 0.5) is 0 Å². The number of esters is 2. The first kappa shape index (κ1) is 36.9. The third-order valence-electron chi connectivity index (χ3n) is 7.76. The van der Waals surface area contributed by atoms with E-state index in [0.29, 0.717) is 25.6 Å². The molecule has 0 aromatic heterocycles. The number of unbranched alkanes of at least 4 members (excludes halogenated alkanes) is 19. The lowest BCUT2D eigenvalue weighted by molar-refractivity contribution is -0.150. The number of hydrogen-bond donors (Lipinski definition) is 0. The molecule has 0 saturated carbocycles. The fourth-order valence-corrected chi connectivity index (χ4v) is 5.07. The Morgan fingerprint density at radius 2 is 0.895 bits per heavy atom. The highest BCUT2D eigenvalue weighted by atomic mass is 16.5. The fourth-order valence-electron chi connectivity index (χ4n) is 5.07. The van der Waals surface area contributed by atoms with E-state index < -0.39 is 0 Å². The van der Waals surface area contributed by atoms with Crippen LogP contribution in [0.3, 0.4) is 0 Å². The molecule has 1 atom stereocenters. The van der Waals surface area contributed by atoms with Crippen LogP contribution < -0.4 is 0 Å². The maximum atomic E-state index is 12.4. The van der Waals surface area contributed by atoms with Gasteiger partial charge in [-0.1, -0.05) is 150 Å². The van der Waals surface area contributed by atoms with Crippen molar-refractivity contribution in [1.29, 1.82) is 0 Å². The van der Waals surface area contributed by atoms with E-state index >= 15 is 0 Å². The first-order valence-corrected chi connectivity index (χ1v) is 16.8. The third kappa shape index (κ3) is 25.2. The Kier molecular flexibility index (Phi) is 28.1. The third-order valence-corrected chi connectivity index (χ3v) is 7.76. The second-order valence-electron chi connectivity index (χ2n) is 11.8. The van der Waals surface area contributed by atoms with E-state index in [4.69, 9.17) is 9.47 Å². The number of hydrogen-bond acceptors (Lipinski definition) is 4. The Labute approximate surface area is 237 Å². The zero-order valence-electron chi connectivity index (χ0n) is 26.2. The average molecular weight is 539 g/mol. The predicted molar refractivity (Wildman–Crippen MR) is 162 cm³/mol. The van der Waals surface area contributed by atoms with E-state index in [9.17, 15) is 9.59 Å². The van der Waals surface area contributed by atoms with Gasteiger partial charge in [0.2, 0.25) is 0 Å². The Hall–Kier alpha value is -1.06. The van der Waals surface area contributed by atoms with Crippen LogP contribution in [-0.4, -0.2) is 25.2 Å². The molecule has 4 heteroatoms. The topological polar surface area (TPSA) is 52.6 Å². The van der Waals surface area contributed by atoms with Gasteiger partial charge in [-0.25, -0.2) is 0 Å². The van der Waals surface area contributed by atoms with Crippen LogP contribution in [-0.2, 0) is 19.1 Å². The van der Waals surface area contributed by atoms with Gasteiger partial charge >= 0.3 is 11.9 Å². The van der Waals surface area contributed by atoms with E-state index in [-0.39, 0.29) is 17.9 Å². The first-order valence-electron chi connectivity index (χ1n) is 16.8. The molecule has 226 valence electrons. The second-order valence-corrected chi connectivity index (χ2v) is 11.8. The smallest absolute Gasteiger partial charge is 0.309 e. The summed E-state index contributed by atoms with van der Waals surface area (Å²) < 4.78 is 10.9. The first-order chi connectivity index (χ1) is 18.5. The molecule has 0 fully saturated rings. The second kappa shape index (κ2) is 28.9. The van der Waals surface area contributed by atoms with Gasteiger partial charge < -0.3 is 9.47 Å². The Morgan fingerprint density at radius 1 is 0.500 bits per heavy atom. The normalized spacial score (nSPS) is 12.1. The van der Waals surface area contributed by atoms with Gasteiger partial charge in [0.05, 0.1) is 19.1 Å². The van der Waals surface area contributed by atoms with Crippen LogP contribution in [0.25, 0.3) is 0 Å². The molecule has 0 heterocycles. The molecular weight excluding hydrogens is 472 g/mol. The molecule has 0 saturated heterocycles. The van der Waals surface area contributed by atoms with Gasteiger partial charge in [-0.2, -0.15) is 0 Å². The van der Waals surface area contributed by atoms with E-state index in [1.165, 1.54) is 103 Å². The summed E-state index contributed by atoms with van der Waals surface area (Å²) in [6, 6.07) is 0. The molecule has 0 aliphatic carbocycles. The van der Waals surface area contributed by atoms with Crippen molar-refractivity contribution in [3.63, 3.8) is 0 Å². The zero-order chi connectivity index (χ0) is 28.1. The molecule has 0 amide bonds. The molecule has 38 heavy (non-hydrogen) atoms. The van der Waals surface area contributed by atoms with Crippen molar-refractivity contribution in [1.82, 2.24) is 0 Å². The predicted octanol–water partition coefficient (Wildman–Crippen LogP) is 10.7. The van der Waals surface area contributed by atoms with E-state index in [0.717, 1.165) is 44.9 Å². The van der Waals surface area contributed by atoms with Crippen LogP contribution in [0.2, 0.25) is 0 Å². The number of carbonyl (C=O) groups is 2. The van der Waals surface area contributed by atoms with Crippen molar-refractivity contribution in [2.24, 2.45) is 11.8 Å². The summed E-state index contributed by atoms with van der Waals surface area (Å²) in [4.78, 5) is 24.1. The molecule has 1 unspecified atom stereocenters.